The second-order valence-electron chi connectivity index (χ2n) is 2.72. The molecule has 4 nitrogen and oxygen atoms in total. The van der Waals surface area contributed by atoms with Gasteiger partial charge in [0.2, 0.25) is 0 Å². The zero-order valence-electron chi connectivity index (χ0n) is 7.11. The number of hydrogen-bond donors (Lipinski definition) is 0. The molecule has 0 saturated carbocycles. The minimum absolute atomic E-state index is 0.127. The molecule has 2 rings (SSSR count). The zero-order chi connectivity index (χ0) is 11.0. The van der Waals surface area contributed by atoms with Crippen LogP contribution in [0.25, 0.3) is 10.8 Å². The Bertz CT molecular complexity index is 562. The van der Waals surface area contributed by atoms with Crippen LogP contribution in [-0.2, 0) is 11.1 Å². The Morgan fingerprint density at radius 1 is 1.13 bits per heavy atom. The van der Waals surface area contributed by atoms with Gasteiger partial charge < -0.3 is 4.55 Å². The van der Waals surface area contributed by atoms with Gasteiger partial charge in [-0.2, -0.15) is 0 Å². The first-order valence-corrected chi connectivity index (χ1v) is 5.63. The van der Waals surface area contributed by atoms with Crippen molar-refractivity contribution < 1.29 is 8.76 Å². The van der Waals surface area contributed by atoms with Crippen LogP contribution in [0, 0.1) is 0 Å². The summed E-state index contributed by atoms with van der Waals surface area (Å²) >= 11 is 9.25. The molecule has 0 aliphatic heterocycles. The zero-order valence-corrected chi connectivity index (χ0v) is 9.44. The van der Waals surface area contributed by atoms with Crippen molar-refractivity contribution in [1.82, 2.24) is 10.2 Å². The van der Waals surface area contributed by atoms with E-state index in [0.29, 0.717) is 10.8 Å². The molecule has 0 saturated heterocycles. The Labute approximate surface area is 97.5 Å². The highest BCUT2D eigenvalue weighted by molar-refractivity contribution is 7.79. The summed E-state index contributed by atoms with van der Waals surface area (Å²) in [4.78, 5) is 0.133. The van der Waals surface area contributed by atoms with Gasteiger partial charge in [0.25, 0.3) is 0 Å². The lowest BCUT2D eigenvalue weighted by Gasteiger charge is -2.07. The fourth-order valence-corrected chi connectivity index (χ4v) is 1.96. The first-order valence-electron chi connectivity index (χ1n) is 3.80. The van der Waals surface area contributed by atoms with Crippen molar-refractivity contribution in [3.8, 4) is 0 Å². The molecule has 0 fully saturated rings. The van der Waals surface area contributed by atoms with Crippen molar-refractivity contribution in [2.24, 2.45) is 0 Å². The highest BCUT2D eigenvalue weighted by atomic mass is 35.5. The van der Waals surface area contributed by atoms with E-state index in [9.17, 15) is 8.76 Å². The van der Waals surface area contributed by atoms with Gasteiger partial charge in [-0.05, 0) is 29.3 Å². The van der Waals surface area contributed by atoms with Crippen molar-refractivity contribution in [1.29, 1.82) is 0 Å². The van der Waals surface area contributed by atoms with Crippen LogP contribution >= 0.6 is 23.2 Å². The summed E-state index contributed by atoms with van der Waals surface area (Å²) in [6, 6.07) is 4.38. The fourth-order valence-electron chi connectivity index (χ4n) is 1.17. The van der Waals surface area contributed by atoms with Crippen LogP contribution in [0.3, 0.4) is 0 Å². The molecule has 1 heterocycles. The fraction of sp³-hybridized carbons (Fsp3) is 0. The van der Waals surface area contributed by atoms with Gasteiger partial charge in [-0.15, -0.1) is 10.2 Å². The Morgan fingerprint density at radius 3 is 2.33 bits per heavy atom. The van der Waals surface area contributed by atoms with Crippen LogP contribution in [0.4, 0.5) is 0 Å². The van der Waals surface area contributed by atoms with Crippen LogP contribution in [0.2, 0.25) is 10.3 Å². The van der Waals surface area contributed by atoms with Crippen LogP contribution in [-0.4, -0.2) is 19.0 Å². The van der Waals surface area contributed by atoms with Crippen LogP contribution in [0.1, 0.15) is 0 Å². The number of hydrogen-bond acceptors (Lipinski definition) is 4. The highest BCUT2D eigenvalue weighted by Crippen LogP contribution is 2.27. The molecular formula is C8H3Cl2N2O2S-. The standard InChI is InChI=1S/C8H4Cl2N2O2S/c9-7-5-2-1-4(15(13)14)3-6(5)8(10)12-11-7/h1-3H,(H,13,14)/p-1. The van der Waals surface area contributed by atoms with Gasteiger partial charge in [-0.25, -0.2) is 0 Å². The third-order valence-electron chi connectivity index (χ3n) is 1.85. The summed E-state index contributed by atoms with van der Waals surface area (Å²) in [5.41, 5.74) is 0. The molecule has 7 heteroatoms. The van der Waals surface area contributed by atoms with Crippen LogP contribution < -0.4 is 0 Å². The van der Waals surface area contributed by atoms with Crippen molar-refractivity contribution in [3.63, 3.8) is 0 Å². The van der Waals surface area contributed by atoms with E-state index in [-0.39, 0.29) is 15.2 Å². The Morgan fingerprint density at radius 2 is 1.73 bits per heavy atom. The molecular weight excluding hydrogens is 259 g/mol. The van der Waals surface area contributed by atoms with E-state index in [2.05, 4.69) is 10.2 Å². The third-order valence-corrected chi connectivity index (χ3v) is 3.05. The number of aromatic nitrogens is 2. The van der Waals surface area contributed by atoms with Crippen molar-refractivity contribution in [3.05, 3.63) is 28.5 Å². The van der Waals surface area contributed by atoms with Crippen LogP contribution in [0.5, 0.6) is 0 Å². The van der Waals surface area contributed by atoms with Gasteiger partial charge >= 0.3 is 0 Å². The monoisotopic (exact) mass is 261 g/mol. The van der Waals surface area contributed by atoms with Crippen LogP contribution in [0.15, 0.2) is 23.1 Å². The lowest BCUT2D eigenvalue weighted by Crippen LogP contribution is -1.91. The van der Waals surface area contributed by atoms with Crippen molar-refractivity contribution in [2.45, 2.75) is 4.90 Å². The first-order chi connectivity index (χ1) is 7.09. The lowest BCUT2D eigenvalue weighted by atomic mass is 10.2. The van der Waals surface area contributed by atoms with E-state index in [1.807, 2.05) is 0 Å². The Kier molecular flexibility index (Phi) is 2.88. The van der Waals surface area contributed by atoms with E-state index < -0.39 is 11.1 Å². The van der Waals surface area contributed by atoms with Gasteiger partial charge in [0.05, 0.1) is 0 Å². The predicted molar refractivity (Wildman–Crippen MR) is 56.7 cm³/mol. The number of rotatable bonds is 1. The van der Waals surface area contributed by atoms with E-state index >= 15 is 0 Å². The van der Waals surface area contributed by atoms with Gasteiger partial charge in [0.1, 0.15) is 0 Å². The van der Waals surface area contributed by atoms with Gasteiger partial charge in [0.15, 0.2) is 10.3 Å². The number of nitrogens with zero attached hydrogens (tertiary/aromatic N) is 2. The molecule has 78 valence electrons. The maximum Gasteiger partial charge on any atom is 0.159 e. The quantitative estimate of drug-likeness (QED) is 0.739. The SMILES string of the molecule is O=S([O-])c1ccc2c(Cl)nnc(Cl)c2c1. The lowest BCUT2D eigenvalue weighted by molar-refractivity contribution is 0.537. The van der Waals surface area contributed by atoms with Gasteiger partial charge in [0, 0.05) is 15.7 Å². The smallest absolute Gasteiger partial charge is 0.159 e. The molecule has 0 bridgehead atoms. The molecule has 0 spiro atoms. The molecule has 2 aromatic rings. The average molecular weight is 262 g/mol. The maximum absolute atomic E-state index is 10.7. The summed E-state index contributed by atoms with van der Waals surface area (Å²) in [6.45, 7) is 0. The van der Waals surface area contributed by atoms with E-state index in [4.69, 9.17) is 23.2 Å². The molecule has 1 aromatic heterocycles. The minimum atomic E-state index is -2.30. The van der Waals surface area contributed by atoms with Gasteiger partial charge in [-0.3, -0.25) is 4.21 Å². The minimum Gasteiger partial charge on any atom is -0.768 e. The average Bonchev–Trinajstić information content (AvgIpc) is 2.23. The molecule has 0 aliphatic carbocycles. The molecule has 0 aliphatic rings. The Hall–Kier alpha value is -0.750. The summed E-state index contributed by atoms with van der Waals surface area (Å²) in [5.74, 6) is 0. The van der Waals surface area contributed by atoms with E-state index in [1.165, 1.54) is 12.1 Å². The Balaban J connectivity index is 2.81. The third kappa shape index (κ3) is 1.96. The second-order valence-corrected chi connectivity index (χ2v) is 4.38. The van der Waals surface area contributed by atoms with E-state index in [1.54, 1.807) is 6.07 Å². The van der Waals surface area contributed by atoms with Gasteiger partial charge in [-0.1, -0.05) is 23.2 Å². The molecule has 0 amide bonds. The highest BCUT2D eigenvalue weighted by Gasteiger charge is 2.07. The normalized spacial score (nSPS) is 13.0. The number of halogens is 2. The topological polar surface area (TPSA) is 65.9 Å². The molecule has 1 unspecified atom stereocenters. The summed E-state index contributed by atoms with van der Waals surface area (Å²) < 4.78 is 21.5. The maximum atomic E-state index is 10.7. The summed E-state index contributed by atoms with van der Waals surface area (Å²) in [7, 11) is 0. The summed E-state index contributed by atoms with van der Waals surface area (Å²) in [5, 5.41) is 8.57. The number of benzene rings is 1. The first kappa shape index (κ1) is 10.8. The molecule has 0 N–H and O–H groups in total. The number of fused-ring (bicyclic) bond motifs is 1. The molecule has 0 radical (unpaired) electrons. The van der Waals surface area contributed by atoms with Crippen molar-refractivity contribution >= 4 is 45.1 Å². The summed E-state index contributed by atoms with van der Waals surface area (Å²) in [6.07, 6.45) is 0. The largest absolute Gasteiger partial charge is 0.768 e. The molecule has 15 heavy (non-hydrogen) atoms. The second kappa shape index (κ2) is 4.02. The molecule has 1 atom stereocenters. The predicted octanol–water partition coefficient (Wildman–Crippen LogP) is 2.17. The molecule has 1 aromatic carbocycles. The van der Waals surface area contributed by atoms with Crippen molar-refractivity contribution in [2.75, 3.05) is 0 Å². The van der Waals surface area contributed by atoms with E-state index in [0.717, 1.165) is 0 Å².